The van der Waals surface area contributed by atoms with E-state index >= 15 is 0 Å². The Hall–Kier alpha value is -1.87. The molecule has 2 aromatic rings. The van der Waals surface area contributed by atoms with Gasteiger partial charge in [0, 0.05) is 11.4 Å². The number of para-hydroxylation sites is 2. The lowest BCUT2D eigenvalue weighted by molar-refractivity contribution is 1.29. The lowest BCUT2D eigenvalue weighted by atomic mass is 10.3. The monoisotopic (exact) mass is 268 g/mol. The summed E-state index contributed by atoms with van der Waals surface area (Å²) in [6.07, 6.45) is 1.92. The Morgan fingerprint density at radius 1 is 0.842 bits per heavy atom. The second kappa shape index (κ2) is 5.84. The highest BCUT2D eigenvalue weighted by Crippen LogP contribution is 2.31. The summed E-state index contributed by atoms with van der Waals surface area (Å²) in [7, 11) is -1.91. The smallest absolute Gasteiger partial charge is 0.281 e. The first kappa shape index (κ1) is 13.6. The number of anilines is 2. The van der Waals surface area contributed by atoms with E-state index in [1.54, 1.807) is 0 Å². The van der Waals surface area contributed by atoms with Gasteiger partial charge in [-0.2, -0.15) is 0 Å². The molecule has 0 aromatic heterocycles. The molecular formula is C16H20N2Si. The van der Waals surface area contributed by atoms with E-state index in [1.165, 1.54) is 11.4 Å². The van der Waals surface area contributed by atoms with Crippen LogP contribution in [-0.4, -0.2) is 14.6 Å². The minimum Gasteiger partial charge on any atom is -0.350 e. The molecule has 0 bridgehead atoms. The standard InChI is InChI=1S/C16H20N2Si/c1-4-17-19(2,3)18(15-11-7-5-8-12-15)16-13-9-6-10-14-16/h4-14H,1-3H3/b17-4+. The molecule has 0 radical (unpaired) electrons. The van der Waals surface area contributed by atoms with Crippen LogP contribution in [0.3, 0.4) is 0 Å². The maximum Gasteiger partial charge on any atom is 0.281 e. The van der Waals surface area contributed by atoms with Crippen molar-refractivity contribution in [2.45, 2.75) is 20.0 Å². The van der Waals surface area contributed by atoms with Crippen molar-refractivity contribution in [3.63, 3.8) is 0 Å². The van der Waals surface area contributed by atoms with Crippen LogP contribution in [0.15, 0.2) is 65.3 Å². The van der Waals surface area contributed by atoms with Gasteiger partial charge in [0.25, 0.3) is 8.40 Å². The van der Waals surface area contributed by atoms with Crippen molar-refractivity contribution >= 4 is 26.0 Å². The van der Waals surface area contributed by atoms with Gasteiger partial charge in [-0.1, -0.05) is 36.4 Å². The van der Waals surface area contributed by atoms with E-state index in [0.29, 0.717) is 0 Å². The van der Waals surface area contributed by atoms with E-state index in [4.69, 9.17) is 4.66 Å². The van der Waals surface area contributed by atoms with E-state index in [0.717, 1.165) is 0 Å². The zero-order valence-corrected chi connectivity index (χ0v) is 12.7. The van der Waals surface area contributed by atoms with Crippen LogP contribution in [0.2, 0.25) is 13.1 Å². The third-order valence-electron chi connectivity index (χ3n) is 3.02. The fourth-order valence-corrected chi connectivity index (χ4v) is 4.62. The Kier molecular flexibility index (Phi) is 4.17. The predicted octanol–water partition coefficient (Wildman–Crippen LogP) is 4.62. The molecule has 19 heavy (non-hydrogen) atoms. The first-order valence-electron chi connectivity index (χ1n) is 6.55. The minimum absolute atomic E-state index is 1.20. The zero-order chi connectivity index (χ0) is 13.7. The topological polar surface area (TPSA) is 15.6 Å². The highest BCUT2D eigenvalue weighted by molar-refractivity contribution is 6.81. The Labute approximate surface area is 116 Å². The number of hydrogen-bond donors (Lipinski definition) is 0. The average molecular weight is 268 g/mol. The van der Waals surface area contributed by atoms with Gasteiger partial charge >= 0.3 is 0 Å². The fraction of sp³-hybridized carbons (Fsp3) is 0.188. The molecule has 0 saturated heterocycles. The quantitative estimate of drug-likeness (QED) is 0.583. The van der Waals surface area contributed by atoms with Gasteiger partial charge < -0.3 is 9.22 Å². The molecule has 0 N–H and O–H groups in total. The first-order valence-corrected chi connectivity index (χ1v) is 9.45. The van der Waals surface area contributed by atoms with E-state index in [-0.39, 0.29) is 0 Å². The average Bonchev–Trinajstić information content (AvgIpc) is 2.41. The summed E-state index contributed by atoms with van der Waals surface area (Å²) >= 11 is 0. The summed E-state index contributed by atoms with van der Waals surface area (Å²) in [5.74, 6) is 0. The van der Waals surface area contributed by atoms with Crippen LogP contribution < -0.4 is 4.57 Å². The lowest BCUT2D eigenvalue weighted by Gasteiger charge is -2.35. The molecule has 0 aliphatic carbocycles. The maximum absolute atomic E-state index is 4.75. The summed E-state index contributed by atoms with van der Waals surface area (Å²) in [5.41, 5.74) is 2.41. The molecule has 0 atom stereocenters. The molecule has 0 saturated carbocycles. The number of nitrogens with zero attached hydrogens (tertiary/aromatic N) is 2. The summed E-state index contributed by atoms with van der Waals surface area (Å²) in [4.78, 5) is 0. The van der Waals surface area contributed by atoms with Crippen LogP contribution >= 0.6 is 0 Å². The molecule has 2 aromatic carbocycles. The molecule has 0 fully saturated rings. The van der Waals surface area contributed by atoms with Gasteiger partial charge in [0.2, 0.25) is 0 Å². The van der Waals surface area contributed by atoms with E-state index in [1.807, 2.05) is 25.3 Å². The largest absolute Gasteiger partial charge is 0.350 e. The van der Waals surface area contributed by atoms with Gasteiger partial charge in [0.1, 0.15) is 0 Å². The van der Waals surface area contributed by atoms with E-state index < -0.39 is 8.40 Å². The van der Waals surface area contributed by atoms with Gasteiger partial charge in [0.05, 0.1) is 0 Å². The van der Waals surface area contributed by atoms with Crippen molar-refractivity contribution in [3.8, 4) is 0 Å². The zero-order valence-electron chi connectivity index (χ0n) is 11.7. The second-order valence-corrected chi connectivity index (χ2v) is 8.58. The third-order valence-corrected chi connectivity index (χ3v) is 5.52. The lowest BCUT2D eigenvalue weighted by Crippen LogP contribution is -2.44. The van der Waals surface area contributed by atoms with Gasteiger partial charge in [0.15, 0.2) is 0 Å². The van der Waals surface area contributed by atoms with Crippen LogP contribution in [0.25, 0.3) is 0 Å². The summed E-state index contributed by atoms with van der Waals surface area (Å²) < 4.78 is 7.13. The minimum atomic E-state index is -1.91. The van der Waals surface area contributed by atoms with Gasteiger partial charge in [-0.05, 0) is 50.5 Å². The molecule has 0 aliphatic heterocycles. The Bertz CT molecular complexity index is 496. The molecule has 0 amide bonds. The molecule has 0 heterocycles. The third kappa shape index (κ3) is 3.12. The Morgan fingerprint density at radius 3 is 1.63 bits per heavy atom. The summed E-state index contributed by atoms with van der Waals surface area (Å²) in [5, 5.41) is 0. The summed E-state index contributed by atoms with van der Waals surface area (Å²) in [6, 6.07) is 21.0. The maximum atomic E-state index is 4.75. The molecule has 3 heteroatoms. The van der Waals surface area contributed by atoms with E-state index in [9.17, 15) is 0 Å². The van der Waals surface area contributed by atoms with Crippen molar-refractivity contribution in [1.82, 2.24) is 0 Å². The normalized spacial score (nSPS) is 11.7. The number of benzene rings is 2. The van der Waals surface area contributed by atoms with Gasteiger partial charge in [-0.3, -0.25) is 0 Å². The van der Waals surface area contributed by atoms with Crippen LogP contribution in [0, 0.1) is 0 Å². The second-order valence-electron chi connectivity index (χ2n) is 4.89. The fourth-order valence-electron chi connectivity index (χ4n) is 2.31. The molecular weight excluding hydrogens is 248 g/mol. The van der Waals surface area contributed by atoms with Crippen LogP contribution in [0.5, 0.6) is 0 Å². The van der Waals surface area contributed by atoms with Gasteiger partial charge in [-0.15, -0.1) is 0 Å². The predicted molar refractivity (Wildman–Crippen MR) is 86.7 cm³/mol. The molecule has 2 rings (SSSR count). The molecule has 2 nitrogen and oxygen atoms in total. The van der Waals surface area contributed by atoms with Crippen molar-refractivity contribution in [2.24, 2.45) is 4.66 Å². The van der Waals surface area contributed by atoms with Crippen molar-refractivity contribution in [2.75, 3.05) is 4.57 Å². The Balaban J connectivity index is 2.52. The summed E-state index contributed by atoms with van der Waals surface area (Å²) in [6.45, 7) is 6.50. The SMILES string of the molecule is C/C=N/[Si](C)(C)N(c1ccccc1)c1ccccc1. The molecule has 0 spiro atoms. The highest BCUT2D eigenvalue weighted by Gasteiger charge is 2.30. The molecule has 98 valence electrons. The number of rotatable bonds is 4. The molecule has 0 unspecified atom stereocenters. The highest BCUT2D eigenvalue weighted by atomic mass is 28.3. The first-order chi connectivity index (χ1) is 9.15. The van der Waals surface area contributed by atoms with Crippen molar-refractivity contribution < 1.29 is 0 Å². The van der Waals surface area contributed by atoms with E-state index in [2.05, 4.69) is 66.2 Å². The van der Waals surface area contributed by atoms with Crippen LogP contribution in [0.4, 0.5) is 11.4 Å². The Morgan fingerprint density at radius 2 is 1.26 bits per heavy atom. The number of hydrogen-bond acceptors (Lipinski definition) is 2. The van der Waals surface area contributed by atoms with Gasteiger partial charge in [-0.25, -0.2) is 0 Å². The molecule has 0 aliphatic rings. The van der Waals surface area contributed by atoms with Crippen molar-refractivity contribution in [3.05, 3.63) is 60.7 Å². The van der Waals surface area contributed by atoms with Crippen LogP contribution in [-0.2, 0) is 0 Å². The van der Waals surface area contributed by atoms with Crippen LogP contribution in [0.1, 0.15) is 6.92 Å². The van der Waals surface area contributed by atoms with Crippen molar-refractivity contribution in [1.29, 1.82) is 0 Å².